The first-order chi connectivity index (χ1) is 14.5. The molecule has 0 bridgehead atoms. The first-order valence-corrected chi connectivity index (χ1v) is 10.8. The van der Waals surface area contributed by atoms with Crippen molar-refractivity contribution in [2.24, 2.45) is 0 Å². The number of carbonyl (C=O) groups is 1. The van der Waals surface area contributed by atoms with Gasteiger partial charge < -0.3 is 9.64 Å². The fourth-order valence-electron chi connectivity index (χ4n) is 3.61. The maximum absolute atomic E-state index is 13.2. The van der Waals surface area contributed by atoms with Crippen LogP contribution in [-0.2, 0) is 4.79 Å². The lowest BCUT2D eigenvalue weighted by Gasteiger charge is -2.24. The number of hydrogen-bond acceptors (Lipinski definition) is 5. The second kappa shape index (κ2) is 8.36. The molecule has 2 aromatic heterocycles. The van der Waals surface area contributed by atoms with Crippen molar-refractivity contribution in [3.8, 4) is 5.75 Å². The molecule has 6 nitrogen and oxygen atoms in total. The Morgan fingerprint density at radius 2 is 1.93 bits per heavy atom. The molecule has 0 radical (unpaired) electrons. The summed E-state index contributed by atoms with van der Waals surface area (Å²) in [6.45, 7) is 6.56. The average molecular weight is 421 g/mol. The summed E-state index contributed by atoms with van der Waals surface area (Å²) in [5, 5.41) is 10.2. The zero-order valence-corrected chi connectivity index (χ0v) is 18.3. The molecule has 0 aliphatic rings. The molecule has 7 heteroatoms. The summed E-state index contributed by atoms with van der Waals surface area (Å²) in [6, 6.07) is 17.7. The molecule has 0 spiro atoms. The third-order valence-corrected chi connectivity index (χ3v) is 6.18. The fraction of sp³-hybridized carbons (Fsp3) is 0.261. The van der Waals surface area contributed by atoms with Gasteiger partial charge in [0.1, 0.15) is 5.75 Å². The number of methoxy groups -OCH3 is 1. The molecule has 0 aliphatic carbocycles. The molecule has 0 fully saturated rings. The lowest BCUT2D eigenvalue weighted by Crippen LogP contribution is -2.36. The van der Waals surface area contributed by atoms with Crippen molar-refractivity contribution in [2.75, 3.05) is 18.6 Å². The highest BCUT2D eigenvalue weighted by atomic mass is 32.2. The third kappa shape index (κ3) is 3.61. The van der Waals surface area contributed by atoms with E-state index >= 15 is 0 Å². The molecule has 0 saturated carbocycles. The van der Waals surface area contributed by atoms with Gasteiger partial charge in [-0.2, -0.15) is 0 Å². The van der Waals surface area contributed by atoms with Crippen LogP contribution in [0.25, 0.3) is 16.6 Å². The molecular formula is C23H24N4O2S. The van der Waals surface area contributed by atoms with Gasteiger partial charge in [0.15, 0.2) is 10.8 Å². The molecule has 2 aromatic carbocycles. The Kier molecular flexibility index (Phi) is 5.63. The van der Waals surface area contributed by atoms with Crippen molar-refractivity contribution in [1.29, 1.82) is 0 Å². The van der Waals surface area contributed by atoms with Crippen molar-refractivity contribution < 1.29 is 9.53 Å². The van der Waals surface area contributed by atoms with Gasteiger partial charge in [0.2, 0.25) is 5.91 Å². The van der Waals surface area contributed by atoms with Crippen LogP contribution in [0.5, 0.6) is 5.75 Å². The van der Waals surface area contributed by atoms with Crippen LogP contribution in [0, 0.1) is 6.92 Å². The van der Waals surface area contributed by atoms with E-state index in [2.05, 4.69) is 17.1 Å². The third-order valence-electron chi connectivity index (χ3n) is 5.15. The highest BCUT2D eigenvalue weighted by molar-refractivity contribution is 8.00. The summed E-state index contributed by atoms with van der Waals surface area (Å²) >= 11 is 1.42. The van der Waals surface area contributed by atoms with Crippen molar-refractivity contribution >= 4 is 39.9 Å². The van der Waals surface area contributed by atoms with Crippen LogP contribution in [0.1, 0.15) is 19.4 Å². The van der Waals surface area contributed by atoms with E-state index in [0.29, 0.717) is 11.7 Å². The predicted octanol–water partition coefficient (Wildman–Crippen LogP) is 4.73. The maximum Gasteiger partial charge on any atom is 0.240 e. The second-order valence-electron chi connectivity index (χ2n) is 7.06. The summed E-state index contributed by atoms with van der Waals surface area (Å²) in [5.74, 6) is 0.809. The van der Waals surface area contributed by atoms with Crippen LogP contribution < -0.4 is 9.64 Å². The predicted molar refractivity (Wildman–Crippen MR) is 122 cm³/mol. The Balaban J connectivity index is 1.71. The molecule has 1 unspecified atom stereocenters. The number of ether oxygens (including phenoxy) is 1. The number of nitrogens with zero attached hydrogens (tertiary/aromatic N) is 4. The first kappa shape index (κ1) is 20.2. The molecule has 1 atom stereocenters. The maximum atomic E-state index is 13.2. The van der Waals surface area contributed by atoms with Crippen LogP contribution >= 0.6 is 11.8 Å². The minimum absolute atomic E-state index is 0.0412. The quantitative estimate of drug-likeness (QED) is 0.422. The van der Waals surface area contributed by atoms with Gasteiger partial charge in [-0.1, -0.05) is 30.0 Å². The molecule has 0 N–H and O–H groups in total. The minimum Gasteiger partial charge on any atom is -0.497 e. The summed E-state index contributed by atoms with van der Waals surface area (Å²) in [6.07, 6.45) is 0. The summed E-state index contributed by atoms with van der Waals surface area (Å²) in [7, 11) is 1.65. The number of aryl methyl sites for hydroxylation is 1. The highest BCUT2D eigenvalue weighted by Gasteiger charge is 2.24. The largest absolute Gasteiger partial charge is 0.497 e. The number of benzene rings is 2. The van der Waals surface area contributed by atoms with Gasteiger partial charge in [0.25, 0.3) is 0 Å². The molecule has 4 aromatic rings. The molecular weight excluding hydrogens is 396 g/mol. The average Bonchev–Trinajstić information content (AvgIpc) is 3.17. The van der Waals surface area contributed by atoms with Gasteiger partial charge in [-0.05, 0) is 56.7 Å². The molecule has 1 amide bonds. The van der Waals surface area contributed by atoms with Crippen LogP contribution in [0.2, 0.25) is 0 Å². The van der Waals surface area contributed by atoms with Gasteiger partial charge in [0, 0.05) is 23.7 Å². The molecule has 4 rings (SSSR count). The van der Waals surface area contributed by atoms with Crippen LogP contribution in [-0.4, -0.2) is 39.4 Å². The lowest BCUT2D eigenvalue weighted by atomic mass is 10.1. The topological polar surface area (TPSA) is 59.7 Å². The highest BCUT2D eigenvalue weighted by Crippen LogP contribution is 2.31. The van der Waals surface area contributed by atoms with Crippen molar-refractivity contribution in [3.63, 3.8) is 0 Å². The van der Waals surface area contributed by atoms with Crippen molar-refractivity contribution in [2.45, 2.75) is 31.2 Å². The van der Waals surface area contributed by atoms with Crippen molar-refractivity contribution in [1.82, 2.24) is 14.6 Å². The number of pyridine rings is 1. The van der Waals surface area contributed by atoms with Gasteiger partial charge in [-0.15, -0.1) is 10.2 Å². The molecule has 2 heterocycles. The van der Waals surface area contributed by atoms with Gasteiger partial charge in [-0.3, -0.25) is 9.20 Å². The first-order valence-electron chi connectivity index (χ1n) is 9.89. The lowest BCUT2D eigenvalue weighted by molar-refractivity contribution is -0.117. The fourth-order valence-corrected chi connectivity index (χ4v) is 4.54. The Labute approximate surface area is 179 Å². The van der Waals surface area contributed by atoms with Crippen molar-refractivity contribution in [3.05, 3.63) is 60.2 Å². The zero-order chi connectivity index (χ0) is 21.3. The number of fused-ring (bicyclic) bond motifs is 3. The van der Waals surface area contributed by atoms with E-state index in [0.717, 1.165) is 33.6 Å². The zero-order valence-electron chi connectivity index (χ0n) is 17.5. The van der Waals surface area contributed by atoms with Gasteiger partial charge in [-0.25, -0.2) is 0 Å². The van der Waals surface area contributed by atoms with E-state index in [-0.39, 0.29) is 11.2 Å². The minimum atomic E-state index is -0.320. The second-order valence-corrected chi connectivity index (χ2v) is 8.37. The van der Waals surface area contributed by atoms with Crippen LogP contribution in [0.4, 0.5) is 5.69 Å². The summed E-state index contributed by atoms with van der Waals surface area (Å²) < 4.78 is 7.42. The summed E-state index contributed by atoms with van der Waals surface area (Å²) in [5.41, 5.74) is 3.74. The smallest absolute Gasteiger partial charge is 0.240 e. The molecule has 154 valence electrons. The number of rotatable bonds is 6. The molecule has 0 saturated heterocycles. The monoisotopic (exact) mass is 420 g/mol. The van der Waals surface area contributed by atoms with E-state index in [1.165, 1.54) is 11.8 Å². The molecule has 30 heavy (non-hydrogen) atoms. The van der Waals surface area contributed by atoms with E-state index in [1.54, 1.807) is 12.0 Å². The SMILES string of the molecule is CCN(C(=O)C(C)Sc1nnc2cc(C)c3ccc(OC)cc3n12)c1ccccc1. The Hall–Kier alpha value is -3.06. The van der Waals surface area contributed by atoms with Gasteiger partial charge in [0.05, 0.1) is 17.9 Å². The Bertz CT molecular complexity index is 1210. The van der Waals surface area contributed by atoms with Crippen LogP contribution in [0.3, 0.4) is 0 Å². The van der Waals surface area contributed by atoms with E-state index in [9.17, 15) is 4.79 Å². The van der Waals surface area contributed by atoms with E-state index < -0.39 is 0 Å². The normalized spacial score (nSPS) is 12.3. The van der Waals surface area contributed by atoms with E-state index in [4.69, 9.17) is 4.74 Å². The van der Waals surface area contributed by atoms with E-state index in [1.807, 2.05) is 72.8 Å². The van der Waals surface area contributed by atoms with Gasteiger partial charge >= 0.3 is 0 Å². The molecule has 0 aliphatic heterocycles. The standard InChI is InChI=1S/C23H24N4O2S/c1-5-26(17-9-7-6-8-10-17)22(28)16(3)30-23-25-24-21-13-15(2)19-12-11-18(29-4)14-20(19)27(21)23/h6-14,16H,5H2,1-4H3. The number of aromatic nitrogens is 3. The number of anilines is 1. The number of para-hydroxylation sites is 1. The number of thioether (sulfide) groups is 1. The number of hydrogen-bond donors (Lipinski definition) is 0. The Morgan fingerprint density at radius 1 is 1.17 bits per heavy atom. The number of amides is 1. The summed E-state index contributed by atoms with van der Waals surface area (Å²) in [4.78, 5) is 15.0. The number of carbonyl (C=O) groups excluding carboxylic acids is 1. The Morgan fingerprint density at radius 3 is 2.63 bits per heavy atom. The van der Waals surface area contributed by atoms with Crippen LogP contribution in [0.15, 0.2) is 59.8 Å².